The minimum Gasteiger partial charge on any atom is -0.497 e. The van der Waals surface area contributed by atoms with Gasteiger partial charge in [0.2, 0.25) is 5.95 Å². The average Bonchev–Trinajstić information content (AvgIpc) is 2.94. The standard InChI is InChI=1S/C29H30N4O4/c1-32(19-21-11-6-4-7-12-21)28-30-18-26(27(31-28)22-13-8-5-9-14-22)37-29(35)33(2)20-25(34)23-15-10-16-24(17-23)36-3/h4-18,25,34H,19-20H2,1-3H3. The molecule has 0 fully saturated rings. The molecule has 37 heavy (non-hydrogen) atoms. The Bertz CT molecular complexity index is 1320. The first kappa shape index (κ1) is 25.7. The van der Waals surface area contributed by atoms with Gasteiger partial charge in [-0.3, -0.25) is 0 Å². The second kappa shape index (κ2) is 12.0. The van der Waals surface area contributed by atoms with Crippen LogP contribution in [0.15, 0.2) is 91.1 Å². The van der Waals surface area contributed by atoms with Gasteiger partial charge in [-0.1, -0.05) is 72.8 Å². The number of likely N-dealkylation sites (N-methyl/N-ethyl adjacent to an activating group) is 1. The highest BCUT2D eigenvalue weighted by Crippen LogP contribution is 2.30. The van der Waals surface area contributed by atoms with Crippen molar-refractivity contribution < 1.29 is 19.4 Å². The molecule has 0 spiro atoms. The van der Waals surface area contributed by atoms with Crippen LogP contribution in [0.25, 0.3) is 11.3 Å². The van der Waals surface area contributed by atoms with E-state index in [-0.39, 0.29) is 12.3 Å². The Morgan fingerprint density at radius 3 is 2.38 bits per heavy atom. The van der Waals surface area contributed by atoms with Gasteiger partial charge in [0.1, 0.15) is 11.4 Å². The lowest BCUT2D eigenvalue weighted by atomic mass is 10.1. The summed E-state index contributed by atoms with van der Waals surface area (Å²) < 4.78 is 10.9. The number of aromatic nitrogens is 2. The number of rotatable bonds is 9. The first-order valence-corrected chi connectivity index (χ1v) is 11.9. The normalized spacial score (nSPS) is 11.5. The molecular weight excluding hydrogens is 468 g/mol. The number of aliphatic hydroxyl groups excluding tert-OH is 1. The highest BCUT2D eigenvalue weighted by atomic mass is 16.6. The number of carbonyl (C=O) groups is 1. The van der Waals surface area contributed by atoms with Gasteiger partial charge in [-0.25, -0.2) is 14.8 Å². The minimum absolute atomic E-state index is 0.0332. The fourth-order valence-corrected chi connectivity index (χ4v) is 3.81. The van der Waals surface area contributed by atoms with Gasteiger partial charge in [-0.05, 0) is 23.3 Å². The Labute approximate surface area is 216 Å². The van der Waals surface area contributed by atoms with Crippen LogP contribution in [-0.2, 0) is 6.54 Å². The number of ether oxygens (including phenoxy) is 2. The smallest absolute Gasteiger partial charge is 0.415 e. The molecule has 4 rings (SSSR count). The maximum absolute atomic E-state index is 12.9. The highest BCUT2D eigenvalue weighted by molar-refractivity contribution is 5.75. The molecule has 3 aromatic carbocycles. The van der Waals surface area contributed by atoms with E-state index in [1.54, 1.807) is 38.4 Å². The van der Waals surface area contributed by atoms with Gasteiger partial charge in [-0.2, -0.15) is 0 Å². The van der Waals surface area contributed by atoms with Gasteiger partial charge in [0.25, 0.3) is 0 Å². The molecule has 8 nitrogen and oxygen atoms in total. The summed E-state index contributed by atoms with van der Waals surface area (Å²) >= 11 is 0. The summed E-state index contributed by atoms with van der Waals surface area (Å²) in [5.41, 5.74) is 3.06. The van der Waals surface area contributed by atoms with Crippen molar-refractivity contribution in [1.29, 1.82) is 0 Å². The van der Waals surface area contributed by atoms with E-state index in [1.165, 1.54) is 11.1 Å². The molecule has 1 heterocycles. The lowest BCUT2D eigenvalue weighted by Crippen LogP contribution is -2.33. The summed E-state index contributed by atoms with van der Waals surface area (Å²) in [5.74, 6) is 1.36. The molecule has 1 unspecified atom stereocenters. The molecule has 190 valence electrons. The number of hydrogen-bond donors (Lipinski definition) is 1. The van der Waals surface area contributed by atoms with Crippen molar-refractivity contribution in [3.63, 3.8) is 0 Å². The lowest BCUT2D eigenvalue weighted by molar-refractivity contribution is 0.112. The molecule has 1 amide bonds. The van der Waals surface area contributed by atoms with E-state index in [9.17, 15) is 9.90 Å². The molecule has 0 saturated carbocycles. The van der Waals surface area contributed by atoms with E-state index >= 15 is 0 Å². The number of carbonyl (C=O) groups excluding carboxylic acids is 1. The van der Waals surface area contributed by atoms with Gasteiger partial charge in [-0.15, -0.1) is 0 Å². The second-order valence-electron chi connectivity index (χ2n) is 8.63. The van der Waals surface area contributed by atoms with Crippen molar-refractivity contribution in [2.45, 2.75) is 12.6 Å². The maximum atomic E-state index is 12.9. The SMILES string of the molecule is COc1cccc(C(O)CN(C)C(=O)Oc2cnc(N(C)Cc3ccccc3)nc2-c2ccccc2)c1. The monoisotopic (exact) mass is 498 g/mol. The third kappa shape index (κ3) is 6.62. The zero-order valence-electron chi connectivity index (χ0n) is 21.1. The third-order valence-electron chi connectivity index (χ3n) is 5.83. The molecule has 0 aliphatic rings. The van der Waals surface area contributed by atoms with Crippen LogP contribution in [0.3, 0.4) is 0 Å². The zero-order valence-corrected chi connectivity index (χ0v) is 21.1. The highest BCUT2D eigenvalue weighted by Gasteiger charge is 2.21. The average molecular weight is 499 g/mol. The second-order valence-corrected chi connectivity index (χ2v) is 8.63. The van der Waals surface area contributed by atoms with Crippen LogP contribution in [0.4, 0.5) is 10.7 Å². The Balaban J connectivity index is 1.52. The van der Waals surface area contributed by atoms with Crippen molar-refractivity contribution in [1.82, 2.24) is 14.9 Å². The topological polar surface area (TPSA) is 88.0 Å². The van der Waals surface area contributed by atoms with E-state index in [4.69, 9.17) is 14.5 Å². The zero-order chi connectivity index (χ0) is 26.2. The molecule has 0 saturated heterocycles. The van der Waals surface area contributed by atoms with Gasteiger partial charge >= 0.3 is 6.09 Å². The van der Waals surface area contributed by atoms with Crippen LogP contribution >= 0.6 is 0 Å². The van der Waals surface area contributed by atoms with Gasteiger partial charge in [0, 0.05) is 26.2 Å². The number of amides is 1. The van der Waals surface area contributed by atoms with Crippen molar-refractivity contribution in [2.24, 2.45) is 0 Å². The quantitative estimate of drug-likeness (QED) is 0.349. The molecule has 0 bridgehead atoms. The van der Waals surface area contributed by atoms with Crippen molar-refractivity contribution in [3.05, 3.63) is 102 Å². The van der Waals surface area contributed by atoms with Crippen molar-refractivity contribution >= 4 is 12.0 Å². The maximum Gasteiger partial charge on any atom is 0.415 e. The molecule has 1 atom stereocenters. The minimum atomic E-state index is -0.911. The first-order chi connectivity index (χ1) is 17.9. The van der Waals surface area contributed by atoms with Crippen LogP contribution in [0.1, 0.15) is 17.2 Å². The summed E-state index contributed by atoms with van der Waals surface area (Å²) in [5, 5.41) is 10.6. The Morgan fingerprint density at radius 2 is 1.68 bits per heavy atom. The predicted octanol–water partition coefficient (Wildman–Crippen LogP) is 4.95. The van der Waals surface area contributed by atoms with E-state index in [0.29, 0.717) is 29.5 Å². The van der Waals surface area contributed by atoms with Gasteiger partial charge < -0.3 is 24.4 Å². The van der Waals surface area contributed by atoms with E-state index in [0.717, 1.165) is 11.1 Å². The number of methoxy groups -OCH3 is 1. The van der Waals surface area contributed by atoms with Crippen molar-refractivity contribution in [2.75, 3.05) is 32.6 Å². The predicted molar refractivity (Wildman–Crippen MR) is 143 cm³/mol. The van der Waals surface area contributed by atoms with E-state index in [2.05, 4.69) is 4.98 Å². The number of benzene rings is 3. The van der Waals surface area contributed by atoms with Crippen molar-refractivity contribution in [3.8, 4) is 22.8 Å². The summed E-state index contributed by atoms with van der Waals surface area (Å²) in [6.07, 6.45) is -0.0317. The Morgan fingerprint density at radius 1 is 0.973 bits per heavy atom. The summed E-state index contributed by atoms with van der Waals surface area (Å²) in [6.45, 7) is 0.657. The van der Waals surface area contributed by atoms with Crippen LogP contribution in [0.2, 0.25) is 0 Å². The van der Waals surface area contributed by atoms with Crippen LogP contribution in [0, 0.1) is 0 Å². The number of nitrogens with zero attached hydrogens (tertiary/aromatic N) is 4. The summed E-state index contributed by atoms with van der Waals surface area (Å²) in [4.78, 5) is 25.4. The summed E-state index contributed by atoms with van der Waals surface area (Å²) in [7, 11) is 5.04. The molecule has 1 N–H and O–H groups in total. The van der Waals surface area contributed by atoms with Crippen LogP contribution in [-0.4, -0.2) is 53.8 Å². The Kier molecular flexibility index (Phi) is 8.33. The van der Waals surface area contributed by atoms with Gasteiger partial charge in [0.05, 0.1) is 26.0 Å². The van der Waals surface area contributed by atoms with Crippen LogP contribution < -0.4 is 14.4 Å². The molecular formula is C29H30N4O4. The largest absolute Gasteiger partial charge is 0.497 e. The molecule has 0 aliphatic heterocycles. The molecule has 4 aromatic rings. The lowest BCUT2D eigenvalue weighted by Gasteiger charge is -2.22. The molecule has 1 aromatic heterocycles. The molecule has 0 radical (unpaired) electrons. The summed E-state index contributed by atoms with van der Waals surface area (Å²) in [6, 6.07) is 26.6. The molecule has 0 aliphatic carbocycles. The third-order valence-corrected chi connectivity index (χ3v) is 5.83. The fourth-order valence-electron chi connectivity index (χ4n) is 3.81. The first-order valence-electron chi connectivity index (χ1n) is 11.9. The van der Waals surface area contributed by atoms with E-state index in [1.807, 2.05) is 72.6 Å². The Hall–Kier alpha value is -4.43. The molecule has 8 heteroatoms. The number of anilines is 1. The van der Waals surface area contributed by atoms with Gasteiger partial charge in [0.15, 0.2) is 5.75 Å². The number of aliphatic hydroxyl groups is 1. The van der Waals surface area contributed by atoms with E-state index < -0.39 is 12.2 Å². The number of hydrogen-bond acceptors (Lipinski definition) is 7. The van der Waals surface area contributed by atoms with Crippen LogP contribution in [0.5, 0.6) is 11.5 Å². The fraction of sp³-hybridized carbons (Fsp3) is 0.207.